The molecular formula is C84H63N5OPt. The first-order valence-electron chi connectivity index (χ1n) is 31.1. The van der Waals surface area contributed by atoms with Crippen molar-refractivity contribution >= 4 is 45.3 Å². The van der Waals surface area contributed by atoms with Crippen molar-refractivity contribution in [3.8, 4) is 67.4 Å². The Morgan fingerprint density at radius 3 is 1.45 bits per heavy atom. The van der Waals surface area contributed by atoms with Crippen LogP contribution in [-0.4, -0.2) is 14.1 Å². The van der Waals surface area contributed by atoms with Gasteiger partial charge in [0, 0.05) is 17.4 Å². The minimum absolute atomic E-state index is 0.0455. The number of aryl methyl sites for hydroxylation is 1. The van der Waals surface area contributed by atoms with Crippen LogP contribution in [0.1, 0.15) is 54.2 Å². The second-order valence-corrected chi connectivity index (χ2v) is 25.7. The molecule has 0 aliphatic carbocycles. The first kappa shape index (κ1) is 55.6. The average molecular weight is 1350 g/mol. The standard InChI is InChI=1S/C84H63N5O.Pt/c1-57-51-81(85-55-70(57)62-47-45-59(46-48-62)58-25-8-5-9-26-58)89-77-42-19-16-39-73(77)84(71-37-14-17-40-75(71)88(76-41-18-15-38-72(76)84)65-33-22-31-63(52-65)83(2,3)4)74-50-49-67(54-80(74)89)90-66-34-23-32-64(53-66)86-56-87(79-44-21-20-43-78(79)86)82-68(60-27-10-6-11-28-60)35-24-36-69(82)61-29-12-7-13-30-61;/h5-55H,1-4H3;. The van der Waals surface area contributed by atoms with Gasteiger partial charge in [0.2, 0.25) is 0 Å². The molecule has 0 unspecified atom stereocenters. The minimum Gasteiger partial charge on any atom is -0.0622 e. The van der Waals surface area contributed by atoms with Crippen LogP contribution in [-0.2, 0) is 30.2 Å². The van der Waals surface area contributed by atoms with Gasteiger partial charge in [-0.1, -0.05) is 142 Å². The average Bonchev–Trinajstić information content (AvgIpc) is 1.05. The van der Waals surface area contributed by atoms with Crippen molar-refractivity contribution in [1.29, 1.82) is 0 Å². The molecule has 16 rings (SSSR count). The number of benzene rings is 12. The van der Waals surface area contributed by atoms with Crippen molar-refractivity contribution in [2.75, 3.05) is 9.80 Å². The first-order valence-corrected chi connectivity index (χ1v) is 32.2. The number of hydrogen-bond donors (Lipinski definition) is 0. The number of pyridine rings is 1. The molecule has 0 fully saturated rings. The van der Waals surface area contributed by atoms with Crippen LogP contribution in [0.2, 0.25) is 0 Å². The number of nitrogens with zero attached hydrogens (tertiary/aromatic N) is 5. The van der Waals surface area contributed by atoms with E-state index in [4.69, 9.17) is 9.72 Å². The molecule has 0 bridgehead atoms. The Morgan fingerprint density at radius 2 is 0.846 bits per heavy atom. The summed E-state index contributed by atoms with van der Waals surface area (Å²) in [6, 6.07) is 110. The number of aromatic nitrogens is 3. The molecule has 2 aromatic heterocycles. The van der Waals surface area contributed by atoms with Gasteiger partial charge < -0.3 is 4.90 Å². The van der Waals surface area contributed by atoms with Gasteiger partial charge in [-0.3, -0.25) is 0 Å². The summed E-state index contributed by atoms with van der Waals surface area (Å²) in [4.78, 5) is 10.3. The minimum atomic E-state index is -0.775. The van der Waals surface area contributed by atoms with Gasteiger partial charge in [0.05, 0.1) is 11.4 Å². The third-order valence-electron chi connectivity index (χ3n) is 18.3. The molecule has 14 aromatic rings. The second-order valence-electron chi connectivity index (χ2n) is 24.7. The Hall–Kier alpha value is -10.7. The van der Waals surface area contributed by atoms with Gasteiger partial charge in [-0.05, 0) is 64.4 Å². The van der Waals surface area contributed by atoms with E-state index in [1.54, 1.807) is 0 Å². The van der Waals surface area contributed by atoms with E-state index in [1.165, 1.54) is 33.4 Å². The molecule has 0 amide bonds. The number of para-hydroxylation sites is 6. The maximum atomic E-state index is 7.27. The Morgan fingerprint density at radius 1 is 0.374 bits per heavy atom. The molecular weight excluding hydrogens is 1290 g/mol. The number of rotatable bonds is 10. The monoisotopic (exact) mass is 1350 g/mol. The summed E-state index contributed by atoms with van der Waals surface area (Å²) in [7, 11) is 0. The van der Waals surface area contributed by atoms with E-state index in [1.807, 2.05) is 6.20 Å². The quantitative estimate of drug-likeness (QED) is 0.137. The third-order valence-corrected chi connectivity index (χ3v) is 19.3. The molecule has 0 saturated carbocycles. The van der Waals surface area contributed by atoms with Crippen molar-refractivity contribution in [1.82, 2.24) is 14.1 Å². The number of imidazole rings is 1. The molecule has 91 heavy (non-hydrogen) atoms. The SMILES string of the molecule is Cc1cc(N2c3ccccc3C3(c4ccccc4N(c4cccc(C(C)(C)C)c4)c4ccccc43)c3ccc(Oc4cccc(-n5[c](=[Pt])n(-c6c(-c7ccccc7)cccc6-c6ccccc6)c6ccccc65)c4)cc32)ncc1-c1ccc(-c2ccccc2)cc1. The zero-order chi connectivity index (χ0) is 61.4. The molecule has 7 heteroatoms. The van der Waals surface area contributed by atoms with E-state index in [0.717, 1.165) is 105 Å². The smallest absolute Gasteiger partial charge is 0.0622 e. The van der Waals surface area contributed by atoms with E-state index in [-0.39, 0.29) is 5.41 Å². The van der Waals surface area contributed by atoms with E-state index in [9.17, 15) is 0 Å². The van der Waals surface area contributed by atoms with Gasteiger partial charge in [-0.2, -0.15) is 0 Å². The van der Waals surface area contributed by atoms with Gasteiger partial charge in [-0.15, -0.1) is 0 Å². The van der Waals surface area contributed by atoms with Crippen LogP contribution in [0.15, 0.2) is 310 Å². The summed E-state index contributed by atoms with van der Waals surface area (Å²) < 4.78 is 13.1. The Bertz CT molecular complexity index is 5070. The molecule has 1 spiro atoms. The second kappa shape index (κ2) is 22.4. The molecule has 440 valence electrons. The molecule has 0 atom stereocenters. The fourth-order valence-electron chi connectivity index (χ4n) is 14.1. The van der Waals surface area contributed by atoms with E-state index in [0.29, 0.717) is 11.5 Å². The Labute approximate surface area is 542 Å². The van der Waals surface area contributed by atoms with Crippen molar-refractivity contribution in [2.45, 2.75) is 38.5 Å². The van der Waals surface area contributed by atoms with E-state index < -0.39 is 5.41 Å². The van der Waals surface area contributed by atoms with Crippen LogP contribution in [0.5, 0.6) is 11.5 Å². The summed E-state index contributed by atoms with van der Waals surface area (Å²) in [6.07, 6.45) is 2.05. The maximum absolute atomic E-state index is 7.27. The molecule has 0 saturated heterocycles. The number of ether oxygens (including phenoxy) is 1. The third kappa shape index (κ3) is 9.35. The Kier molecular flexibility index (Phi) is 13.7. The zero-order valence-corrected chi connectivity index (χ0v) is 53.2. The summed E-state index contributed by atoms with van der Waals surface area (Å²) in [5.41, 5.74) is 25.1. The summed E-state index contributed by atoms with van der Waals surface area (Å²) in [5.74, 6) is 2.23. The number of anilines is 6. The summed E-state index contributed by atoms with van der Waals surface area (Å²) in [6.45, 7) is 9.07. The predicted octanol–water partition coefficient (Wildman–Crippen LogP) is 21.9. The van der Waals surface area contributed by atoms with Crippen molar-refractivity contribution < 1.29 is 24.1 Å². The van der Waals surface area contributed by atoms with Crippen molar-refractivity contribution in [2.24, 2.45) is 0 Å². The fourth-order valence-corrected chi connectivity index (χ4v) is 15.2. The van der Waals surface area contributed by atoms with Crippen LogP contribution < -0.4 is 14.5 Å². The summed E-state index contributed by atoms with van der Waals surface area (Å²) in [5, 5.41) is 0. The number of fused-ring (bicyclic) bond motifs is 9. The van der Waals surface area contributed by atoms with Crippen LogP contribution in [0, 0.1) is 10.7 Å². The van der Waals surface area contributed by atoms with Gasteiger partial charge in [0.25, 0.3) is 0 Å². The van der Waals surface area contributed by atoms with Crippen LogP contribution in [0.4, 0.5) is 34.3 Å². The van der Waals surface area contributed by atoms with Crippen molar-refractivity contribution in [3.05, 3.63) is 347 Å². The summed E-state index contributed by atoms with van der Waals surface area (Å²) >= 11 is 2.53. The molecule has 0 radical (unpaired) electrons. The van der Waals surface area contributed by atoms with Crippen LogP contribution >= 0.6 is 0 Å². The van der Waals surface area contributed by atoms with Crippen LogP contribution in [0.3, 0.4) is 0 Å². The predicted molar refractivity (Wildman–Crippen MR) is 370 cm³/mol. The van der Waals surface area contributed by atoms with Gasteiger partial charge >= 0.3 is 306 Å². The molecule has 6 nitrogen and oxygen atoms in total. The Balaban J connectivity index is 0.863. The van der Waals surface area contributed by atoms with Gasteiger partial charge in [0.15, 0.2) is 0 Å². The van der Waals surface area contributed by atoms with E-state index in [2.05, 4.69) is 369 Å². The van der Waals surface area contributed by atoms with Crippen molar-refractivity contribution in [3.63, 3.8) is 0 Å². The fraction of sp³-hybridized carbons (Fsp3) is 0.0714. The molecule has 12 aromatic carbocycles. The topological polar surface area (TPSA) is 38.5 Å². The van der Waals surface area contributed by atoms with Crippen LogP contribution in [0.25, 0.3) is 66.9 Å². The normalized spacial score (nSPS) is 12.9. The van der Waals surface area contributed by atoms with E-state index >= 15 is 0 Å². The molecule has 2 aliphatic rings. The molecule has 4 heterocycles. The number of hydrogen-bond acceptors (Lipinski definition) is 4. The molecule has 2 aliphatic heterocycles. The molecule has 0 N–H and O–H groups in total. The first-order chi connectivity index (χ1) is 44.6. The zero-order valence-electron chi connectivity index (χ0n) is 50.9. The van der Waals surface area contributed by atoms with Gasteiger partial charge in [-0.25, -0.2) is 0 Å². The van der Waals surface area contributed by atoms with Gasteiger partial charge in [0.1, 0.15) is 0 Å².